The van der Waals surface area contributed by atoms with Gasteiger partial charge in [0, 0.05) is 25.7 Å². The van der Waals surface area contributed by atoms with Crippen LogP contribution in [0.2, 0.25) is 0 Å². The first kappa shape index (κ1) is 17.6. The highest BCUT2D eigenvalue weighted by Crippen LogP contribution is 2.26. The Kier molecular flexibility index (Phi) is 4.89. The van der Waals surface area contributed by atoms with E-state index in [0.29, 0.717) is 24.7 Å². The third-order valence-electron chi connectivity index (χ3n) is 4.08. The van der Waals surface area contributed by atoms with Gasteiger partial charge in [0.25, 0.3) is 0 Å². The van der Waals surface area contributed by atoms with Crippen molar-refractivity contribution in [1.29, 1.82) is 0 Å². The SMILES string of the molecule is Cc1nc(NCCO)cc(N2CCc3ccc(S(N)(=O)=O)cc3C2)n1. The van der Waals surface area contributed by atoms with Gasteiger partial charge in [0.1, 0.15) is 17.5 Å². The van der Waals surface area contributed by atoms with Crippen molar-refractivity contribution >= 4 is 21.7 Å². The Labute approximate surface area is 146 Å². The van der Waals surface area contributed by atoms with E-state index in [0.717, 1.165) is 29.9 Å². The molecule has 4 N–H and O–H groups in total. The summed E-state index contributed by atoms with van der Waals surface area (Å²) in [5.41, 5.74) is 2.05. The lowest BCUT2D eigenvalue weighted by Gasteiger charge is -2.30. The second-order valence-electron chi connectivity index (χ2n) is 5.96. The lowest BCUT2D eigenvalue weighted by atomic mass is 10.00. The zero-order valence-electron chi connectivity index (χ0n) is 13.9. The van der Waals surface area contributed by atoms with Crippen molar-refractivity contribution in [2.45, 2.75) is 24.8 Å². The van der Waals surface area contributed by atoms with Crippen molar-refractivity contribution in [2.75, 3.05) is 29.9 Å². The summed E-state index contributed by atoms with van der Waals surface area (Å²) in [6.45, 7) is 3.57. The van der Waals surface area contributed by atoms with Gasteiger partial charge in [-0.3, -0.25) is 0 Å². The normalized spacial score (nSPS) is 14.3. The van der Waals surface area contributed by atoms with Gasteiger partial charge in [-0.2, -0.15) is 0 Å². The van der Waals surface area contributed by atoms with E-state index in [9.17, 15) is 8.42 Å². The summed E-state index contributed by atoms with van der Waals surface area (Å²) in [6.07, 6.45) is 0.794. The van der Waals surface area contributed by atoms with Crippen molar-refractivity contribution in [3.63, 3.8) is 0 Å². The van der Waals surface area contributed by atoms with Gasteiger partial charge < -0.3 is 15.3 Å². The Morgan fingerprint density at radius 1 is 1.28 bits per heavy atom. The van der Waals surface area contributed by atoms with Crippen LogP contribution in [0.4, 0.5) is 11.6 Å². The average Bonchev–Trinajstić information content (AvgIpc) is 2.57. The van der Waals surface area contributed by atoms with Crippen LogP contribution in [-0.2, 0) is 23.0 Å². The van der Waals surface area contributed by atoms with Gasteiger partial charge in [0.05, 0.1) is 11.5 Å². The van der Waals surface area contributed by atoms with Gasteiger partial charge in [0.2, 0.25) is 10.0 Å². The number of nitrogens with zero attached hydrogens (tertiary/aromatic N) is 3. The first-order valence-electron chi connectivity index (χ1n) is 7.97. The molecule has 0 atom stereocenters. The summed E-state index contributed by atoms with van der Waals surface area (Å²) in [4.78, 5) is 11.0. The van der Waals surface area contributed by atoms with E-state index in [2.05, 4.69) is 20.2 Å². The quantitative estimate of drug-likeness (QED) is 0.703. The number of aryl methyl sites for hydroxylation is 1. The lowest BCUT2D eigenvalue weighted by Crippen LogP contribution is -2.31. The first-order chi connectivity index (χ1) is 11.9. The number of nitrogens with two attached hydrogens (primary N) is 1. The number of aliphatic hydroxyl groups is 1. The van der Waals surface area contributed by atoms with Crippen molar-refractivity contribution in [2.24, 2.45) is 5.14 Å². The Morgan fingerprint density at radius 3 is 2.80 bits per heavy atom. The second kappa shape index (κ2) is 6.95. The fourth-order valence-corrected chi connectivity index (χ4v) is 3.46. The fourth-order valence-electron chi connectivity index (χ4n) is 2.89. The number of rotatable bonds is 5. The Balaban J connectivity index is 1.88. The van der Waals surface area contributed by atoms with Gasteiger partial charge in [0.15, 0.2) is 0 Å². The van der Waals surface area contributed by atoms with Crippen LogP contribution in [0, 0.1) is 6.92 Å². The van der Waals surface area contributed by atoms with Crippen LogP contribution in [0.5, 0.6) is 0 Å². The molecule has 1 aromatic carbocycles. The van der Waals surface area contributed by atoms with Gasteiger partial charge in [-0.05, 0) is 36.6 Å². The molecule has 8 nitrogen and oxygen atoms in total. The fraction of sp³-hybridized carbons (Fsp3) is 0.375. The van der Waals surface area contributed by atoms with Crippen molar-refractivity contribution in [1.82, 2.24) is 9.97 Å². The molecule has 0 amide bonds. The van der Waals surface area contributed by atoms with Gasteiger partial charge in [-0.25, -0.2) is 23.5 Å². The standard InChI is InChI=1S/C16H21N5O3S/c1-11-19-15(18-5-7-22)9-16(20-11)21-6-4-12-2-3-14(25(17,23)24)8-13(12)10-21/h2-3,8-9,22H,4-7,10H2,1H3,(H2,17,23,24)(H,18,19,20). The van der Waals surface area contributed by atoms with Crippen LogP contribution in [0.3, 0.4) is 0 Å². The number of hydrogen-bond acceptors (Lipinski definition) is 7. The number of anilines is 2. The second-order valence-corrected chi connectivity index (χ2v) is 7.52. The lowest BCUT2D eigenvalue weighted by molar-refractivity contribution is 0.311. The van der Waals surface area contributed by atoms with Gasteiger partial charge in [-0.1, -0.05) is 6.07 Å². The smallest absolute Gasteiger partial charge is 0.238 e. The number of aliphatic hydroxyl groups excluding tert-OH is 1. The molecule has 0 unspecified atom stereocenters. The number of fused-ring (bicyclic) bond motifs is 1. The molecule has 0 radical (unpaired) electrons. The Hall–Kier alpha value is -2.23. The monoisotopic (exact) mass is 363 g/mol. The van der Waals surface area contributed by atoms with Crippen molar-refractivity contribution in [3.8, 4) is 0 Å². The molecule has 2 aromatic rings. The minimum absolute atomic E-state index is 0.0197. The topological polar surface area (TPSA) is 121 Å². The van der Waals surface area contributed by atoms with Crippen LogP contribution >= 0.6 is 0 Å². The molecule has 9 heteroatoms. The molecule has 0 saturated heterocycles. The van der Waals surface area contributed by atoms with Crippen molar-refractivity contribution < 1.29 is 13.5 Å². The summed E-state index contributed by atoms with van der Waals surface area (Å²) < 4.78 is 23.1. The van der Waals surface area contributed by atoms with E-state index in [1.54, 1.807) is 12.1 Å². The zero-order chi connectivity index (χ0) is 18.0. The minimum Gasteiger partial charge on any atom is -0.395 e. The molecule has 0 bridgehead atoms. The summed E-state index contributed by atoms with van der Waals surface area (Å²) in [6, 6.07) is 6.84. The molecule has 25 heavy (non-hydrogen) atoms. The molecule has 134 valence electrons. The maximum atomic E-state index is 11.6. The predicted molar refractivity (Wildman–Crippen MR) is 94.9 cm³/mol. The zero-order valence-corrected chi connectivity index (χ0v) is 14.8. The third kappa shape index (κ3) is 4.06. The van der Waals surface area contributed by atoms with E-state index in [-0.39, 0.29) is 11.5 Å². The van der Waals surface area contributed by atoms with E-state index in [1.165, 1.54) is 0 Å². The van der Waals surface area contributed by atoms with Crippen LogP contribution in [0.15, 0.2) is 29.2 Å². The van der Waals surface area contributed by atoms with E-state index in [4.69, 9.17) is 10.2 Å². The highest BCUT2D eigenvalue weighted by Gasteiger charge is 2.20. The van der Waals surface area contributed by atoms with Crippen molar-refractivity contribution in [3.05, 3.63) is 41.2 Å². The van der Waals surface area contributed by atoms with Crippen LogP contribution < -0.4 is 15.4 Å². The summed E-state index contributed by atoms with van der Waals surface area (Å²) in [5, 5.41) is 17.2. The summed E-state index contributed by atoms with van der Waals surface area (Å²) in [5.74, 6) is 2.04. The Morgan fingerprint density at radius 2 is 2.08 bits per heavy atom. The van der Waals surface area contributed by atoms with Crippen LogP contribution in [0.25, 0.3) is 0 Å². The van der Waals surface area contributed by atoms with E-state index < -0.39 is 10.0 Å². The highest BCUT2D eigenvalue weighted by atomic mass is 32.2. The number of benzene rings is 1. The van der Waals surface area contributed by atoms with E-state index >= 15 is 0 Å². The molecule has 0 spiro atoms. The number of aromatic nitrogens is 2. The molecular formula is C16H21N5O3S. The summed E-state index contributed by atoms with van der Waals surface area (Å²) >= 11 is 0. The van der Waals surface area contributed by atoms with Gasteiger partial charge in [-0.15, -0.1) is 0 Å². The Bertz CT molecular complexity index is 885. The molecular weight excluding hydrogens is 342 g/mol. The van der Waals surface area contributed by atoms with Crippen LogP contribution in [0.1, 0.15) is 17.0 Å². The predicted octanol–water partition coefficient (Wildman–Crippen LogP) is 0.399. The van der Waals surface area contributed by atoms with Crippen LogP contribution in [-0.4, -0.2) is 43.2 Å². The number of sulfonamides is 1. The highest BCUT2D eigenvalue weighted by molar-refractivity contribution is 7.89. The minimum atomic E-state index is -3.72. The molecule has 3 rings (SSSR count). The maximum absolute atomic E-state index is 11.6. The maximum Gasteiger partial charge on any atom is 0.238 e. The first-order valence-corrected chi connectivity index (χ1v) is 9.51. The molecule has 1 aromatic heterocycles. The molecule has 1 aliphatic rings. The molecule has 0 saturated carbocycles. The number of hydrogen-bond donors (Lipinski definition) is 3. The third-order valence-corrected chi connectivity index (χ3v) is 5.00. The number of nitrogens with one attached hydrogen (secondary N) is 1. The number of primary sulfonamides is 1. The molecule has 0 aliphatic carbocycles. The molecule has 0 fully saturated rings. The van der Waals surface area contributed by atoms with Gasteiger partial charge >= 0.3 is 0 Å². The molecule has 2 heterocycles. The average molecular weight is 363 g/mol. The summed E-state index contributed by atoms with van der Waals surface area (Å²) in [7, 11) is -3.72. The molecule has 1 aliphatic heterocycles. The van der Waals surface area contributed by atoms with E-state index in [1.807, 2.05) is 19.1 Å². The largest absolute Gasteiger partial charge is 0.395 e.